The molecule has 0 N–H and O–H groups in total. The van der Waals surface area contributed by atoms with Crippen LogP contribution < -0.4 is 4.90 Å². The zero-order valence-electron chi connectivity index (χ0n) is 22.1. The van der Waals surface area contributed by atoms with E-state index in [4.69, 9.17) is 14.2 Å². The van der Waals surface area contributed by atoms with Crippen LogP contribution in [-0.2, 0) is 34.0 Å². The predicted molar refractivity (Wildman–Crippen MR) is 137 cm³/mol. The van der Waals surface area contributed by atoms with Crippen molar-refractivity contribution in [1.29, 1.82) is 0 Å². The summed E-state index contributed by atoms with van der Waals surface area (Å²) in [4.78, 5) is 54.2. The molecule has 1 heterocycles. The molecule has 37 heavy (non-hydrogen) atoms. The van der Waals surface area contributed by atoms with Gasteiger partial charge < -0.3 is 14.2 Å². The van der Waals surface area contributed by atoms with Gasteiger partial charge in [0.2, 0.25) is 5.91 Å². The largest absolute Gasteiger partial charge is 0.466 e. The molecule has 3 aliphatic carbocycles. The quantitative estimate of drug-likeness (QED) is 0.317. The van der Waals surface area contributed by atoms with Crippen LogP contribution in [0.5, 0.6) is 0 Å². The predicted octanol–water partition coefficient (Wildman–Crippen LogP) is 4.86. The van der Waals surface area contributed by atoms with Gasteiger partial charge in [0, 0.05) is 6.08 Å². The summed E-state index contributed by atoms with van der Waals surface area (Å²) in [7, 11) is 0. The Morgan fingerprint density at radius 2 is 1.78 bits per heavy atom. The fourth-order valence-corrected chi connectivity index (χ4v) is 6.27. The number of amides is 2. The molecule has 0 aromatic heterocycles. The fourth-order valence-electron chi connectivity index (χ4n) is 6.27. The molecule has 2 amide bonds. The summed E-state index contributed by atoms with van der Waals surface area (Å²) in [5.41, 5.74) is 0.0813. The number of nitrogens with zero attached hydrogens (tertiary/aromatic N) is 1. The number of anilines is 1. The van der Waals surface area contributed by atoms with Gasteiger partial charge in [-0.1, -0.05) is 35.9 Å². The number of para-hydroxylation sites is 1. The molecule has 3 fully saturated rings. The Labute approximate surface area is 217 Å². The van der Waals surface area contributed by atoms with E-state index in [1.807, 2.05) is 18.2 Å². The molecule has 0 saturated heterocycles. The summed E-state index contributed by atoms with van der Waals surface area (Å²) < 4.78 is 16.1. The van der Waals surface area contributed by atoms with Crippen LogP contribution in [0, 0.1) is 17.8 Å². The van der Waals surface area contributed by atoms with Crippen LogP contribution in [0.15, 0.2) is 48.1 Å². The van der Waals surface area contributed by atoms with E-state index in [0.717, 1.165) is 16.9 Å². The number of carbonyl (C=O) groups excluding carboxylic acids is 4. The van der Waals surface area contributed by atoms with Crippen LogP contribution >= 0.6 is 0 Å². The van der Waals surface area contributed by atoms with Crippen molar-refractivity contribution in [1.82, 2.24) is 0 Å². The highest BCUT2D eigenvalue weighted by atomic mass is 16.6. The Bertz CT molecular complexity index is 1160. The molecule has 4 atom stereocenters. The Morgan fingerprint density at radius 3 is 2.46 bits per heavy atom. The highest BCUT2D eigenvalue weighted by Crippen LogP contribution is 2.64. The monoisotopic (exact) mass is 509 g/mol. The minimum absolute atomic E-state index is 0.177. The minimum Gasteiger partial charge on any atom is -0.466 e. The van der Waals surface area contributed by atoms with Gasteiger partial charge in [-0.15, -0.1) is 0 Å². The van der Waals surface area contributed by atoms with Crippen LogP contribution in [0.3, 0.4) is 0 Å². The smallest absolute Gasteiger partial charge is 0.421 e. The Hall–Kier alpha value is -3.42. The molecule has 5 rings (SSSR count). The van der Waals surface area contributed by atoms with E-state index in [0.29, 0.717) is 24.1 Å². The molecule has 0 unspecified atom stereocenters. The lowest BCUT2D eigenvalue weighted by Gasteiger charge is -2.54. The summed E-state index contributed by atoms with van der Waals surface area (Å²) in [5, 5.41) is 0. The van der Waals surface area contributed by atoms with E-state index in [-0.39, 0.29) is 25.0 Å². The van der Waals surface area contributed by atoms with E-state index >= 15 is 0 Å². The van der Waals surface area contributed by atoms with Gasteiger partial charge in [-0.05, 0) is 77.3 Å². The van der Waals surface area contributed by atoms with Crippen LogP contribution in [0.25, 0.3) is 0 Å². The second-order valence-electron chi connectivity index (χ2n) is 10.7. The van der Waals surface area contributed by atoms with E-state index in [9.17, 15) is 19.2 Å². The molecule has 1 aromatic rings. The zero-order valence-corrected chi connectivity index (χ0v) is 22.1. The summed E-state index contributed by atoms with van der Waals surface area (Å²) in [5.74, 6) is -2.63. The first-order valence-corrected chi connectivity index (χ1v) is 12.9. The van der Waals surface area contributed by atoms with Crippen LogP contribution in [-0.4, -0.2) is 42.8 Å². The van der Waals surface area contributed by atoms with Gasteiger partial charge in [-0.3, -0.25) is 9.59 Å². The first-order valence-electron chi connectivity index (χ1n) is 12.9. The van der Waals surface area contributed by atoms with Crippen LogP contribution in [0.4, 0.5) is 10.5 Å². The Balaban J connectivity index is 1.82. The van der Waals surface area contributed by atoms with Gasteiger partial charge in [0.1, 0.15) is 5.60 Å². The van der Waals surface area contributed by atoms with Crippen molar-refractivity contribution in [3.63, 3.8) is 0 Å². The maximum absolute atomic E-state index is 14.4. The lowest BCUT2D eigenvalue weighted by Crippen LogP contribution is -2.62. The Morgan fingerprint density at radius 1 is 1.08 bits per heavy atom. The molecule has 3 saturated carbocycles. The number of benzene rings is 1. The van der Waals surface area contributed by atoms with Gasteiger partial charge in [0.25, 0.3) is 0 Å². The molecule has 1 aliphatic heterocycles. The van der Waals surface area contributed by atoms with Crippen LogP contribution in [0.1, 0.15) is 59.4 Å². The maximum atomic E-state index is 14.4. The van der Waals surface area contributed by atoms with Crippen molar-refractivity contribution < 1.29 is 33.4 Å². The molecule has 2 bridgehead atoms. The number of fused-ring (bicyclic) bond motifs is 3. The molecule has 8 nitrogen and oxygen atoms in total. The second-order valence-corrected chi connectivity index (χ2v) is 10.7. The third-order valence-electron chi connectivity index (χ3n) is 7.41. The standard InChI is InChI=1S/C29H35NO7/c1-6-35-23(31)14-10-11-18-17-19-15-16-20(18)24(25(32)36-7-2)29(19)21-12-8-9-13-22(21)30(26(29)33)27(34)37-28(3,4)5/h8-14,19-20,24H,6-7,15-17H2,1-5H3/b14-10+,18-11+/t19-,20+,24+,29+/m0/s1. The van der Waals surface area contributed by atoms with E-state index < -0.39 is 40.9 Å². The first kappa shape index (κ1) is 26.6. The minimum atomic E-state index is -1.23. The normalized spacial score (nSPS) is 27.6. The zero-order chi connectivity index (χ0) is 27.0. The molecular formula is C29H35NO7. The van der Waals surface area contributed by atoms with Crippen molar-refractivity contribution in [3.8, 4) is 0 Å². The second kappa shape index (κ2) is 10.1. The number of carbonyl (C=O) groups is 4. The van der Waals surface area contributed by atoms with Crippen molar-refractivity contribution in [3.05, 3.63) is 53.6 Å². The average Bonchev–Trinajstić information content (AvgIpc) is 3.08. The average molecular weight is 510 g/mol. The number of rotatable bonds is 5. The van der Waals surface area contributed by atoms with Crippen molar-refractivity contribution >= 4 is 29.6 Å². The number of imide groups is 1. The molecule has 198 valence electrons. The van der Waals surface area contributed by atoms with Gasteiger partial charge in [-0.25, -0.2) is 14.5 Å². The van der Waals surface area contributed by atoms with Gasteiger partial charge in [0.15, 0.2) is 0 Å². The summed E-state index contributed by atoms with van der Waals surface area (Å²) in [6.07, 6.45) is 6.09. The van der Waals surface area contributed by atoms with Gasteiger partial charge in [0.05, 0.1) is 30.2 Å². The van der Waals surface area contributed by atoms with Gasteiger partial charge >= 0.3 is 18.0 Å². The number of esters is 2. The topological polar surface area (TPSA) is 99.2 Å². The molecule has 0 radical (unpaired) electrons. The van der Waals surface area contributed by atoms with Crippen molar-refractivity contribution in [2.45, 2.75) is 64.9 Å². The molecule has 8 heteroatoms. The van der Waals surface area contributed by atoms with Crippen molar-refractivity contribution in [2.24, 2.45) is 17.8 Å². The van der Waals surface area contributed by atoms with Crippen molar-refractivity contribution in [2.75, 3.05) is 18.1 Å². The molecular weight excluding hydrogens is 474 g/mol. The maximum Gasteiger partial charge on any atom is 0.421 e. The number of ether oxygens (including phenoxy) is 3. The summed E-state index contributed by atoms with van der Waals surface area (Å²) in [6.45, 7) is 9.18. The number of hydrogen-bond acceptors (Lipinski definition) is 7. The number of allylic oxidation sites excluding steroid dienone is 3. The number of hydrogen-bond donors (Lipinski definition) is 0. The van der Waals surface area contributed by atoms with E-state index in [1.165, 1.54) is 6.08 Å². The SMILES string of the molecule is CCOC(=O)/C=C/C=C1\C[C@@H]2CC[C@H]1[C@H](C(=O)OCC)[C@@]21C(=O)N(C(=O)OC(C)(C)C)c2ccccc21. The lowest BCUT2D eigenvalue weighted by molar-refractivity contribution is -0.162. The third-order valence-corrected chi connectivity index (χ3v) is 7.41. The molecule has 1 aromatic carbocycles. The van der Waals surface area contributed by atoms with Crippen LogP contribution in [0.2, 0.25) is 0 Å². The van der Waals surface area contributed by atoms with E-state index in [2.05, 4.69) is 0 Å². The highest BCUT2D eigenvalue weighted by molar-refractivity contribution is 6.22. The first-order chi connectivity index (χ1) is 17.6. The van der Waals surface area contributed by atoms with E-state index in [1.54, 1.807) is 52.8 Å². The molecule has 1 spiro atoms. The lowest BCUT2D eigenvalue weighted by atomic mass is 9.47. The third kappa shape index (κ3) is 4.58. The highest BCUT2D eigenvalue weighted by Gasteiger charge is 2.69. The Kier molecular flexibility index (Phi) is 7.31. The summed E-state index contributed by atoms with van der Waals surface area (Å²) in [6, 6.07) is 7.17. The molecule has 4 aliphatic rings. The summed E-state index contributed by atoms with van der Waals surface area (Å²) >= 11 is 0. The fraction of sp³-hybridized carbons (Fsp3) is 0.517. The van der Waals surface area contributed by atoms with Gasteiger partial charge in [-0.2, -0.15) is 0 Å².